The first-order chi connectivity index (χ1) is 8.80. The molecule has 1 aromatic rings. The monoisotopic (exact) mass is 250 g/mol. The van der Waals surface area contributed by atoms with E-state index in [0.29, 0.717) is 12.2 Å². The number of benzene rings is 1. The summed E-state index contributed by atoms with van der Waals surface area (Å²) < 4.78 is 25.4. The molecule has 2 aliphatic rings. The van der Waals surface area contributed by atoms with Gasteiger partial charge in [-0.05, 0) is 38.2 Å². The van der Waals surface area contributed by atoms with Crippen LogP contribution < -0.4 is 0 Å². The van der Waals surface area contributed by atoms with Crippen molar-refractivity contribution in [2.75, 3.05) is 6.61 Å². The van der Waals surface area contributed by atoms with Gasteiger partial charge in [-0.25, -0.2) is 4.39 Å². The Morgan fingerprint density at radius 2 is 2.11 bits per heavy atom. The van der Waals surface area contributed by atoms with Crippen LogP contribution >= 0.6 is 0 Å². The predicted molar refractivity (Wildman–Crippen MR) is 66.7 cm³/mol. The van der Waals surface area contributed by atoms with E-state index in [2.05, 4.69) is 0 Å². The molecule has 0 bridgehead atoms. The van der Waals surface area contributed by atoms with Gasteiger partial charge in [0.2, 0.25) is 0 Å². The van der Waals surface area contributed by atoms with Crippen LogP contribution in [0.15, 0.2) is 24.3 Å². The van der Waals surface area contributed by atoms with E-state index in [4.69, 9.17) is 9.47 Å². The molecule has 1 heterocycles. The average molecular weight is 250 g/mol. The van der Waals surface area contributed by atoms with Crippen LogP contribution in [0.4, 0.5) is 4.39 Å². The maximum atomic E-state index is 13.5. The van der Waals surface area contributed by atoms with Gasteiger partial charge in [-0.2, -0.15) is 0 Å². The van der Waals surface area contributed by atoms with E-state index in [1.165, 1.54) is 6.07 Å². The molecule has 1 aliphatic heterocycles. The highest BCUT2D eigenvalue weighted by molar-refractivity contribution is 5.16. The average Bonchev–Trinajstić information content (AvgIpc) is 3.00. The van der Waals surface area contributed by atoms with Crippen LogP contribution in [-0.4, -0.2) is 18.3 Å². The molecule has 2 fully saturated rings. The molecule has 1 spiro atoms. The van der Waals surface area contributed by atoms with Gasteiger partial charge in [0, 0.05) is 12.2 Å². The maximum absolute atomic E-state index is 13.5. The summed E-state index contributed by atoms with van der Waals surface area (Å²) >= 11 is 0. The summed E-state index contributed by atoms with van der Waals surface area (Å²) in [5.74, 6) is -0.183. The molecule has 1 aromatic carbocycles. The second-order valence-electron chi connectivity index (χ2n) is 5.30. The minimum Gasteiger partial charge on any atom is -0.372 e. The Balaban J connectivity index is 1.65. The van der Waals surface area contributed by atoms with E-state index in [1.807, 2.05) is 6.07 Å². The second kappa shape index (κ2) is 4.98. The molecule has 0 amide bonds. The smallest absolute Gasteiger partial charge is 0.128 e. The molecule has 0 radical (unpaired) electrons. The van der Waals surface area contributed by atoms with Crippen molar-refractivity contribution in [2.24, 2.45) is 0 Å². The van der Waals surface area contributed by atoms with Crippen LogP contribution in [0, 0.1) is 5.82 Å². The Bertz CT molecular complexity index is 407. The van der Waals surface area contributed by atoms with Crippen molar-refractivity contribution in [1.82, 2.24) is 0 Å². The van der Waals surface area contributed by atoms with Gasteiger partial charge < -0.3 is 9.47 Å². The van der Waals surface area contributed by atoms with Crippen molar-refractivity contribution in [3.05, 3.63) is 35.6 Å². The summed E-state index contributed by atoms with van der Waals surface area (Å²) in [6, 6.07) is 6.82. The normalized spacial score (nSPS) is 31.3. The fraction of sp³-hybridized carbons (Fsp3) is 0.600. The van der Waals surface area contributed by atoms with E-state index in [1.54, 1.807) is 12.1 Å². The fourth-order valence-electron chi connectivity index (χ4n) is 3.22. The molecule has 98 valence electrons. The lowest BCUT2D eigenvalue weighted by Crippen LogP contribution is -2.38. The predicted octanol–water partition coefficient (Wildman–Crippen LogP) is 3.44. The van der Waals surface area contributed by atoms with Crippen LogP contribution in [0.5, 0.6) is 0 Å². The van der Waals surface area contributed by atoms with Crippen molar-refractivity contribution in [3.8, 4) is 0 Å². The highest BCUT2D eigenvalue weighted by Gasteiger charge is 2.46. The molecule has 3 rings (SSSR count). The third-order valence-electron chi connectivity index (χ3n) is 4.18. The number of halogens is 1. The maximum Gasteiger partial charge on any atom is 0.128 e. The summed E-state index contributed by atoms with van der Waals surface area (Å²) in [6.45, 7) is 1.20. The van der Waals surface area contributed by atoms with Gasteiger partial charge in [-0.1, -0.05) is 18.2 Å². The third kappa shape index (κ3) is 2.17. The standard InChI is InChI=1S/C15H19FO2/c16-13-6-2-1-5-12(13)11-17-14-7-3-8-15(14)9-4-10-18-15/h1-2,5-6,14H,3-4,7-11H2. The van der Waals surface area contributed by atoms with Crippen LogP contribution in [-0.2, 0) is 16.1 Å². The first kappa shape index (κ1) is 12.1. The molecule has 2 atom stereocenters. The van der Waals surface area contributed by atoms with E-state index >= 15 is 0 Å². The number of rotatable bonds is 3. The zero-order chi connectivity index (χ0) is 12.4. The highest BCUT2D eigenvalue weighted by Crippen LogP contribution is 2.43. The zero-order valence-corrected chi connectivity index (χ0v) is 10.5. The van der Waals surface area contributed by atoms with Crippen LogP contribution in [0.3, 0.4) is 0 Å². The molecule has 0 N–H and O–H groups in total. The quantitative estimate of drug-likeness (QED) is 0.818. The first-order valence-corrected chi connectivity index (χ1v) is 6.79. The fourth-order valence-corrected chi connectivity index (χ4v) is 3.22. The van der Waals surface area contributed by atoms with Crippen molar-refractivity contribution >= 4 is 0 Å². The molecule has 1 saturated carbocycles. The van der Waals surface area contributed by atoms with Gasteiger partial charge in [0.1, 0.15) is 5.82 Å². The van der Waals surface area contributed by atoms with Crippen LogP contribution in [0.2, 0.25) is 0 Å². The third-order valence-corrected chi connectivity index (χ3v) is 4.18. The lowest BCUT2D eigenvalue weighted by molar-refractivity contribution is -0.107. The van der Waals surface area contributed by atoms with Gasteiger partial charge >= 0.3 is 0 Å². The van der Waals surface area contributed by atoms with Gasteiger partial charge in [0.15, 0.2) is 0 Å². The minimum atomic E-state index is -0.183. The SMILES string of the molecule is Fc1ccccc1COC1CCCC12CCCO2. The Hall–Kier alpha value is -0.930. The summed E-state index contributed by atoms with van der Waals surface area (Å²) in [4.78, 5) is 0. The van der Waals surface area contributed by atoms with Gasteiger partial charge in [-0.3, -0.25) is 0 Å². The molecule has 18 heavy (non-hydrogen) atoms. The highest BCUT2D eigenvalue weighted by atomic mass is 19.1. The summed E-state index contributed by atoms with van der Waals surface area (Å²) in [6.07, 6.45) is 5.64. The minimum absolute atomic E-state index is 0.0642. The first-order valence-electron chi connectivity index (χ1n) is 6.79. The Morgan fingerprint density at radius 3 is 2.89 bits per heavy atom. The van der Waals surface area contributed by atoms with E-state index in [-0.39, 0.29) is 17.5 Å². The van der Waals surface area contributed by atoms with E-state index in [0.717, 1.165) is 38.7 Å². The van der Waals surface area contributed by atoms with Crippen molar-refractivity contribution in [2.45, 2.75) is 50.4 Å². The Kier molecular flexibility index (Phi) is 3.35. The Morgan fingerprint density at radius 1 is 1.28 bits per heavy atom. The molecule has 2 nitrogen and oxygen atoms in total. The lowest BCUT2D eigenvalue weighted by atomic mass is 9.96. The van der Waals surface area contributed by atoms with Crippen molar-refractivity contribution < 1.29 is 13.9 Å². The summed E-state index contributed by atoms with van der Waals surface area (Å²) in [7, 11) is 0. The summed E-state index contributed by atoms with van der Waals surface area (Å²) in [5.41, 5.74) is 0.572. The number of ether oxygens (including phenoxy) is 2. The number of hydrogen-bond donors (Lipinski definition) is 0. The zero-order valence-electron chi connectivity index (χ0n) is 10.5. The largest absolute Gasteiger partial charge is 0.372 e. The lowest BCUT2D eigenvalue weighted by Gasteiger charge is -2.30. The van der Waals surface area contributed by atoms with Gasteiger partial charge in [0.05, 0.1) is 18.3 Å². The number of hydrogen-bond acceptors (Lipinski definition) is 2. The topological polar surface area (TPSA) is 18.5 Å². The molecule has 1 aliphatic carbocycles. The molecular weight excluding hydrogens is 231 g/mol. The molecule has 0 aromatic heterocycles. The second-order valence-corrected chi connectivity index (χ2v) is 5.30. The van der Waals surface area contributed by atoms with Crippen molar-refractivity contribution in [1.29, 1.82) is 0 Å². The molecule has 3 heteroatoms. The summed E-state index contributed by atoms with van der Waals surface area (Å²) in [5, 5.41) is 0. The van der Waals surface area contributed by atoms with Crippen LogP contribution in [0.25, 0.3) is 0 Å². The van der Waals surface area contributed by atoms with E-state index in [9.17, 15) is 4.39 Å². The van der Waals surface area contributed by atoms with Gasteiger partial charge in [0.25, 0.3) is 0 Å². The van der Waals surface area contributed by atoms with Crippen LogP contribution in [0.1, 0.15) is 37.7 Å². The molecular formula is C15H19FO2. The molecule has 1 saturated heterocycles. The van der Waals surface area contributed by atoms with Gasteiger partial charge in [-0.15, -0.1) is 0 Å². The van der Waals surface area contributed by atoms with Crippen molar-refractivity contribution in [3.63, 3.8) is 0 Å². The molecule has 2 unspecified atom stereocenters. The Labute approximate surface area is 107 Å². The van der Waals surface area contributed by atoms with E-state index < -0.39 is 0 Å².